The maximum atomic E-state index is 12.6. The van der Waals surface area contributed by atoms with Crippen LogP contribution < -0.4 is 20.1 Å². The van der Waals surface area contributed by atoms with E-state index in [1.807, 2.05) is 234 Å². The van der Waals surface area contributed by atoms with Crippen LogP contribution in [0.3, 0.4) is 0 Å². The molecule has 0 saturated carbocycles. The van der Waals surface area contributed by atoms with Crippen molar-refractivity contribution in [2.24, 2.45) is 47.3 Å². The number of benzene rings is 6. The number of piperidine rings is 4. The molecule has 6 aromatic carbocycles. The normalized spacial score (nSPS) is 21.5. The van der Waals surface area contributed by atoms with Crippen LogP contribution in [0.15, 0.2) is 255 Å². The Bertz CT molecular complexity index is 4870. The SMILES string of the molecule is BrCCOc1ccccc1.CC(C)(C)OC(=O)N1CCC2CN(C(c3ccc(Cl)cc3)c3ccccn3)CC2C1.CC(C)(C)OC(=O)N1CCC2CNCC2C1.CO.Cl.Clc1ccc(C(Cl)c2ccccn2)cc1.Clc1ccc(C(c2ccccn2)N2CC3CCN(CCOc4ccccc4)CC3C2)cc1.Clc1ccc(C(c2ccccn2)N2CC3CCNCC3C2)cc1. The summed E-state index contributed by atoms with van der Waals surface area (Å²) in [6.07, 6.45) is 11.7. The first-order valence-electron chi connectivity index (χ1n) is 45.0. The predicted molar refractivity (Wildman–Crippen MR) is 528 cm³/mol. The number of pyridine rings is 4. The van der Waals surface area contributed by atoms with Crippen LogP contribution in [0.5, 0.6) is 11.5 Å². The van der Waals surface area contributed by atoms with Crippen molar-refractivity contribution in [1.29, 1.82) is 0 Å². The number of amides is 2. The van der Waals surface area contributed by atoms with Gasteiger partial charge in [-0.05, 0) is 291 Å². The number of carbonyl (C=O) groups is 2. The first-order valence-corrected chi connectivity index (χ1v) is 48.1. The van der Waals surface area contributed by atoms with Crippen LogP contribution in [-0.2, 0) is 9.47 Å². The minimum Gasteiger partial charge on any atom is -0.493 e. The van der Waals surface area contributed by atoms with Crippen LogP contribution >= 0.6 is 86.3 Å². The molecule has 8 fully saturated rings. The Morgan fingerprint density at radius 3 is 1.13 bits per heavy atom. The van der Waals surface area contributed by atoms with E-state index < -0.39 is 5.60 Å². The van der Waals surface area contributed by atoms with Crippen LogP contribution in [0.2, 0.25) is 20.1 Å². The Morgan fingerprint density at radius 1 is 0.395 bits per heavy atom. The van der Waals surface area contributed by atoms with Crippen molar-refractivity contribution in [3.63, 3.8) is 0 Å². The first kappa shape index (κ1) is 102. The zero-order valence-corrected chi connectivity index (χ0v) is 81.4. The highest BCUT2D eigenvalue weighted by molar-refractivity contribution is 9.09. The number of hydrogen-bond donors (Lipinski definition) is 3. The zero-order valence-electron chi connectivity index (χ0n) is 75.2. The molecule has 0 aliphatic carbocycles. The second-order valence-corrected chi connectivity index (χ2v) is 38.9. The van der Waals surface area contributed by atoms with E-state index in [1.54, 1.807) is 6.20 Å². The maximum Gasteiger partial charge on any atom is 0.410 e. The molecule has 19 nitrogen and oxygen atoms in total. The molecule has 4 aromatic heterocycles. The van der Waals surface area contributed by atoms with Gasteiger partial charge in [-0.2, -0.15) is 0 Å². The first-order chi connectivity index (χ1) is 62.0. The van der Waals surface area contributed by atoms with E-state index in [-0.39, 0.29) is 53.7 Å². The summed E-state index contributed by atoms with van der Waals surface area (Å²) >= 11 is 33.8. The van der Waals surface area contributed by atoms with Crippen molar-refractivity contribution in [2.75, 3.05) is 137 Å². The molecular weight excluding hydrogens is 1810 g/mol. The van der Waals surface area contributed by atoms with Crippen LogP contribution in [-0.4, -0.2) is 215 Å². The number of fused-ring (bicyclic) bond motifs is 4. The van der Waals surface area contributed by atoms with Crippen molar-refractivity contribution in [2.45, 2.75) is 102 Å². The molecule has 10 aromatic rings. The van der Waals surface area contributed by atoms with E-state index in [0.717, 1.165) is 228 Å². The molecule has 8 aliphatic rings. The molecule has 0 radical (unpaired) electrons. The Hall–Kier alpha value is -8.00. The van der Waals surface area contributed by atoms with Gasteiger partial charge in [0.25, 0.3) is 0 Å². The number of ether oxygens (including phenoxy) is 4. The second-order valence-electron chi connectivity index (χ2n) is 35.9. The average Bonchev–Trinajstić information content (AvgIpc) is 1.67. The third-order valence-corrected chi connectivity index (χ3v) is 26.4. The Labute approximate surface area is 804 Å². The van der Waals surface area contributed by atoms with Gasteiger partial charge >= 0.3 is 12.2 Å². The lowest BCUT2D eigenvalue weighted by atomic mass is 9.89. The van der Waals surface area contributed by atoms with Crippen molar-refractivity contribution < 1.29 is 33.6 Å². The van der Waals surface area contributed by atoms with Gasteiger partial charge in [0.15, 0.2) is 0 Å². The molecule has 690 valence electrons. The number of para-hydroxylation sites is 2. The van der Waals surface area contributed by atoms with Gasteiger partial charge in [0.1, 0.15) is 34.7 Å². The molecule has 18 rings (SSSR count). The number of likely N-dealkylation sites (tertiary alicyclic amines) is 6. The molecule has 12 atom stereocenters. The fourth-order valence-corrected chi connectivity index (χ4v) is 19.5. The van der Waals surface area contributed by atoms with Gasteiger partial charge in [-0.25, -0.2) is 9.59 Å². The summed E-state index contributed by atoms with van der Waals surface area (Å²) in [6, 6.07) is 76.7. The Balaban J connectivity index is 0.000000154. The van der Waals surface area contributed by atoms with E-state index in [9.17, 15) is 9.59 Å². The number of rotatable bonds is 18. The van der Waals surface area contributed by atoms with Crippen LogP contribution in [0.4, 0.5) is 9.59 Å². The van der Waals surface area contributed by atoms with Crippen molar-refractivity contribution in [3.8, 4) is 11.5 Å². The number of nitrogens with one attached hydrogen (secondary N) is 2. The summed E-state index contributed by atoms with van der Waals surface area (Å²) in [7, 11) is 1.00. The number of hydrogen-bond acceptors (Lipinski definition) is 17. The van der Waals surface area contributed by atoms with Gasteiger partial charge in [0.2, 0.25) is 0 Å². The molecule has 0 spiro atoms. The predicted octanol–water partition coefficient (Wildman–Crippen LogP) is 21.6. The maximum absolute atomic E-state index is 12.6. The van der Waals surface area contributed by atoms with Gasteiger partial charge in [-0.15, -0.1) is 24.0 Å². The number of aliphatic hydroxyl groups excluding tert-OH is 1. The smallest absolute Gasteiger partial charge is 0.410 e. The summed E-state index contributed by atoms with van der Waals surface area (Å²) in [5.74, 6) is 7.33. The molecule has 12 unspecified atom stereocenters. The topological polar surface area (TPSA) is 186 Å². The number of aliphatic hydroxyl groups is 1. The third kappa shape index (κ3) is 31.0. The standard InChI is InChI=1S/C27H30ClN3O.C24H30ClN3O2.C19H22ClN3.C12H9Cl2N.C12H22N2O2.C8H9BrO.CH4O.ClH/c28-24-11-9-21(10-12-24)27(26-8-4-5-14-29-26)31-19-22-13-15-30(18-23(22)20-31)16-17-32-25-6-2-1-3-7-25;1-24(2,3)30-23(29)27-13-11-18-14-28(16-19(18)15-27)22(21-6-4-5-12-26-21)17-7-9-20(25)10-8-17;20-17-6-4-14(5-7-17)19(18-3-1-2-9-22-18)23-12-15-8-10-21-11-16(15)13-23;13-10-6-4-9(5-7-10)12(14)11-3-1-2-8-15-11;1-12(2,3)16-11(15)14-5-4-9-6-13-7-10(9)8-14;9-6-7-10-8-4-2-1-3-5-8;1-2;/h1-12,14,22-23,27H,13,15-20H2;4-10,12,18-19,22H,11,13-16H2,1-3H3;1-7,9,15-16,19,21H,8,10-13H2;1-8,12H;9-10,13H,4-8H2,1-3H3;1-5H,6-7H2;2H,1H3;1H. The average molecular weight is 1940 g/mol. The molecule has 8 aliphatic heterocycles. The fourth-order valence-electron chi connectivity index (χ4n) is 18.5. The van der Waals surface area contributed by atoms with Gasteiger partial charge in [0.05, 0.1) is 47.5 Å². The van der Waals surface area contributed by atoms with Crippen molar-refractivity contribution >= 4 is 98.5 Å². The van der Waals surface area contributed by atoms with Crippen LogP contribution in [0.25, 0.3) is 0 Å². The largest absolute Gasteiger partial charge is 0.493 e. The minimum absolute atomic E-state index is 0. The van der Waals surface area contributed by atoms with Crippen molar-refractivity contribution in [3.05, 3.63) is 320 Å². The molecule has 0 bridgehead atoms. The molecule has 2 amide bonds. The zero-order chi connectivity index (χ0) is 90.4. The van der Waals surface area contributed by atoms with Gasteiger partial charge in [-0.1, -0.05) is 172 Å². The highest BCUT2D eigenvalue weighted by Crippen LogP contribution is 2.43. The van der Waals surface area contributed by atoms with Crippen molar-refractivity contribution in [1.82, 2.24) is 60.0 Å². The number of carbonyl (C=O) groups excluding carboxylic acids is 2. The van der Waals surface area contributed by atoms with Gasteiger partial charge < -0.3 is 44.5 Å². The lowest BCUT2D eigenvalue weighted by Gasteiger charge is -2.35. The van der Waals surface area contributed by atoms with E-state index in [1.165, 1.54) is 29.5 Å². The number of alkyl halides is 2. The third-order valence-electron chi connectivity index (χ3n) is 24.6. The Morgan fingerprint density at radius 2 is 0.729 bits per heavy atom. The monoisotopic (exact) mass is 1930 g/mol. The number of halogens is 7. The summed E-state index contributed by atoms with van der Waals surface area (Å²) in [5, 5.41) is 17.6. The van der Waals surface area contributed by atoms with Crippen LogP contribution in [0.1, 0.15) is 136 Å². The second kappa shape index (κ2) is 51.3. The molecular formula is C103H127BrCl6N12O7. The highest BCUT2D eigenvalue weighted by Gasteiger charge is 2.45. The molecule has 8 saturated heterocycles. The fraction of sp³-hybridized carbons (Fsp3) is 0.437. The minimum atomic E-state index is -0.464. The lowest BCUT2D eigenvalue weighted by Crippen LogP contribution is -2.45. The Kier molecular flexibility index (Phi) is 40.4. The van der Waals surface area contributed by atoms with E-state index in [4.69, 9.17) is 87.0 Å². The molecule has 12 heterocycles. The van der Waals surface area contributed by atoms with Crippen LogP contribution in [0, 0.1) is 47.3 Å². The van der Waals surface area contributed by atoms with Gasteiger partial charge in [-0.3, -0.25) is 39.5 Å². The number of aromatic nitrogens is 4. The van der Waals surface area contributed by atoms with E-state index >= 15 is 0 Å². The van der Waals surface area contributed by atoms with E-state index in [0.29, 0.717) is 28.7 Å². The summed E-state index contributed by atoms with van der Waals surface area (Å²) in [6.45, 7) is 30.4. The molecule has 129 heavy (non-hydrogen) atoms. The highest BCUT2D eigenvalue weighted by atomic mass is 79.9. The summed E-state index contributed by atoms with van der Waals surface area (Å²) in [5.41, 5.74) is 8.02. The van der Waals surface area contributed by atoms with E-state index in [2.05, 4.69) is 128 Å². The number of nitrogens with zero attached hydrogens (tertiary/aromatic N) is 10. The summed E-state index contributed by atoms with van der Waals surface area (Å²) < 4.78 is 22.2. The quantitative estimate of drug-likeness (QED) is 0.0688. The molecule has 26 heteroatoms. The van der Waals surface area contributed by atoms with Gasteiger partial charge in [0, 0.05) is 136 Å². The summed E-state index contributed by atoms with van der Waals surface area (Å²) in [4.78, 5) is 56.8. The molecule has 3 N–H and O–H groups in total. The lowest BCUT2D eigenvalue weighted by molar-refractivity contribution is 0.0130.